The molecule has 0 spiro atoms. The minimum absolute atomic E-state index is 0.165. The highest BCUT2D eigenvalue weighted by atomic mass is 32.2. The molecule has 0 fully saturated rings. The summed E-state index contributed by atoms with van der Waals surface area (Å²) in [6.45, 7) is 0. The van der Waals surface area contributed by atoms with Gasteiger partial charge in [0.05, 0.1) is 10.6 Å². The molecule has 0 unspecified atom stereocenters. The number of nitrogens with one attached hydrogen (secondary N) is 3. The van der Waals surface area contributed by atoms with Crippen LogP contribution in [0, 0.1) is 0 Å². The molecule has 0 aliphatic rings. The lowest BCUT2D eigenvalue weighted by atomic mass is 10.4. The maximum absolute atomic E-state index is 12.0. The van der Waals surface area contributed by atoms with Gasteiger partial charge in [0.1, 0.15) is 5.69 Å². The maximum Gasteiger partial charge on any atom is 0.286 e. The Morgan fingerprint density at radius 3 is 2.36 bits per heavy atom. The van der Waals surface area contributed by atoms with Crippen molar-refractivity contribution in [2.24, 2.45) is 0 Å². The zero-order chi connectivity index (χ0) is 16.0. The monoisotopic (exact) mass is 321 g/mol. The van der Waals surface area contributed by atoms with Crippen LogP contribution in [0.2, 0.25) is 0 Å². The summed E-state index contributed by atoms with van der Waals surface area (Å²) in [5, 5.41) is 0. The van der Waals surface area contributed by atoms with Crippen LogP contribution in [-0.4, -0.2) is 31.0 Å². The molecule has 3 N–H and O–H groups in total. The first-order valence-corrected chi connectivity index (χ1v) is 8.14. The Morgan fingerprint density at radius 2 is 1.73 bits per heavy atom. The Labute approximate surface area is 127 Å². The average molecular weight is 321 g/mol. The van der Waals surface area contributed by atoms with Crippen LogP contribution in [0.25, 0.3) is 0 Å². The molecular weight excluding hydrogens is 306 g/mol. The van der Waals surface area contributed by atoms with Gasteiger partial charge >= 0.3 is 0 Å². The van der Waals surface area contributed by atoms with Crippen molar-refractivity contribution in [3.8, 4) is 0 Å². The molecule has 0 aliphatic heterocycles. The summed E-state index contributed by atoms with van der Waals surface area (Å²) in [5.41, 5.74) is 4.66. The largest absolute Gasteiger partial charge is 0.357 e. The van der Waals surface area contributed by atoms with E-state index in [1.165, 1.54) is 12.1 Å². The smallest absolute Gasteiger partial charge is 0.286 e. The van der Waals surface area contributed by atoms with E-state index in [0.29, 0.717) is 0 Å². The van der Waals surface area contributed by atoms with Gasteiger partial charge in [-0.3, -0.25) is 20.4 Å². The van der Waals surface area contributed by atoms with Crippen molar-refractivity contribution >= 4 is 21.7 Å². The van der Waals surface area contributed by atoms with Crippen LogP contribution >= 0.6 is 0 Å². The predicted octanol–water partition coefficient (Wildman–Crippen LogP) is 0.640. The van der Waals surface area contributed by atoms with E-state index >= 15 is 0 Å². The Hall–Kier alpha value is -2.61. The molecule has 2 amide bonds. The maximum atomic E-state index is 12.0. The lowest BCUT2D eigenvalue weighted by Gasteiger charge is -2.07. The molecular formula is C14H15N3O4S. The van der Waals surface area contributed by atoms with E-state index in [1.807, 2.05) is 0 Å². The Bertz CT molecular complexity index is 740. The van der Waals surface area contributed by atoms with Crippen molar-refractivity contribution in [2.75, 3.05) is 5.75 Å². The number of hydrogen-bond donors (Lipinski definition) is 3. The molecule has 0 radical (unpaired) electrons. The fourth-order valence-corrected chi connectivity index (χ4v) is 2.96. The average Bonchev–Trinajstić information content (AvgIpc) is 3.06. The van der Waals surface area contributed by atoms with Crippen molar-refractivity contribution in [1.82, 2.24) is 15.8 Å². The van der Waals surface area contributed by atoms with Crippen LogP contribution in [0.3, 0.4) is 0 Å². The quantitative estimate of drug-likeness (QED) is 0.702. The van der Waals surface area contributed by atoms with Crippen molar-refractivity contribution < 1.29 is 18.0 Å². The predicted molar refractivity (Wildman–Crippen MR) is 79.5 cm³/mol. The molecule has 0 aliphatic carbocycles. The van der Waals surface area contributed by atoms with E-state index in [-0.39, 0.29) is 22.8 Å². The molecule has 2 rings (SSSR count). The number of rotatable bonds is 5. The molecule has 2 aromatic rings. The van der Waals surface area contributed by atoms with E-state index in [4.69, 9.17) is 0 Å². The molecule has 1 aromatic carbocycles. The molecule has 1 aromatic heterocycles. The summed E-state index contributed by atoms with van der Waals surface area (Å²) in [4.78, 5) is 26.0. The zero-order valence-electron chi connectivity index (χ0n) is 11.6. The number of carbonyl (C=O) groups excluding carboxylic acids is 2. The summed E-state index contributed by atoms with van der Waals surface area (Å²) in [7, 11) is -3.52. The van der Waals surface area contributed by atoms with E-state index in [0.717, 1.165) is 0 Å². The van der Waals surface area contributed by atoms with Crippen molar-refractivity contribution in [2.45, 2.75) is 11.3 Å². The minimum Gasteiger partial charge on any atom is -0.357 e. The standard InChI is InChI=1S/C14H15N3O4S/c18-13(16-17-14(19)12-7-4-9-15-12)8-10-22(20,21)11-5-2-1-3-6-11/h1-7,9,15H,8,10H2,(H,16,18)(H,17,19). The van der Waals surface area contributed by atoms with Crippen molar-refractivity contribution in [3.63, 3.8) is 0 Å². The third kappa shape index (κ3) is 4.19. The summed E-state index contributed by atoms with van der Waals surface area (Å²) in [6, 6.07) is 11.1. The topological polar surface area (TPSA) is 108 Å². The SMILES string of the molecule is O=C(CCS(=O)(=O)c1ccccc1)NNC(=O)c1ccc[nH]1. The lowest BCUT2D eigenvalue weighted by Crippen LogP contribution is -2.42. The normalized spacial score (nSPS) is 10.9. The van der Waals surface area contributed by atoms with Crippen LogP contribution in [0.5, 0.6) is 0 Å². The zero-order valence-corrected chi connectivity index (χ0v) is 12.4. The number of aromatic nitrogens is 1. The molecule has 0 atom stereocenters. The number of hydrogen-bond acceptors (Lipinski definition) is 4. The molecule has 8 heteroatoms. The van der Waals surface area contributed by atoms with Crippen LogP contribution in [0.15, 0.2) is 53.6 Å². The number of aromatic amines is 1. The number of H-pyrrole nitrogens is 1. The second-order valence-corrected chi connectivity index (χ2v) is 6.58. The van der Waals surface area contributed by atoms with Crippen LogP contribution in [0.1, 0.15) is 16.9 Å². The van der Waals surface area contributed by atoms with Gasteiger partial charge in [-0.05, 0) is 24.3 Å². The molecule has 0 saturated carbocycles. The summed E-state index contributed by atoms with van der Waals surface area (Å²) in [6.07, 6.45) is 1.32. The number of amides is 2. The van der Waals surface area contributed by atoms with Gasteiger partial charge in [-0.25, -0.2) is 8.42 Å². The molecule has 0 bridgehead atoms. The first kappa shape index (κ1) is 15.8. The van der Waals surface area contributed by atoms with E-state index in [1.54, 1.807) is 36.5 Å². The molecule has 7 nitrogen and oxygen atoms in total. The summed E-state index contributed by atoms with van der Waals surface area (Å²) in [5.74, 6) is -1.43. The van der Waals surface area contributed by atoms with Gasteiger partial charge in [-0.2, -0.15) is 0 Å². The molecule has 22 heavy (non-hydrogen) atoms. The number of carbonyl (C=O) groups is 2. The van der Waals surface area contributed by atoms with Gasteiger partial charge in [0.2, 0.25) is 5.91 Å². The fraction of sp³-hybridized carbons (Fsp3) is 0.143. The van der Waals surface area contributed by atoms with Gasteiger partial charge in [0.15, 0.2) is 9.84 Å². The highest BCUT2D eigenvalue weighted by molar-refractivity contribution is 7.91. The van der Waals surface area contributed by atoms with Crippen LogP contribution in [0.4, 0.5) is 0 Å². The first-order chi connectivity index (χ1) is 10.5. The van der Waals surface area contributed by atoms with E-state index < -0.39 is 21.7 Å². The minimum atomic E-state index is -3.52. The highest BCUT2D eigenvalue weighted by Gasteiger charge is 2.16. The number of benzene rings is 1. The third-order valence-corrected chi connectivity index (χ3v) is 4.59. The Kier molecular flexibility index (Phi) is 4.95. The molecule has 1 heterocycles. The molecule has 116 valence electrons. The van der Waals surface area contributed by atoms with E-state index in [2.05, 4.69) is 15.8 Å². The van der Waals surface area contributed by atoms with Gasteiger partial charge in [-0.1, -0.05) is 18.2 Å². The van der Waals surface area contributed by atoms with Crippen LogP contribution in [-0.2, 0) is 14.6 Å². The Balaban J connectivity index is 1.82. The Morgan fingerprint density at radius 1 is 1.00 bits per heavy atom. The second kappa shape index (κ2) is 6.90. The highest BCUT2D eigenvalue weighted by Crippen LogP contribution is 2.10. The summed E-state index contributed by atoms with van der Waals surface area (Å²) >= 11 is 0. The number of sulfone groups is 1. The molecule has 0 saturated heterocycles. The van der Waals surface area contributed by atoms with Crippen LogP contribution < -0.4 is 10.9 Å². The van der Waals surface area contributed by atoms with Gasteiger partial charge in [-0.15, -0.1) is 0 Å². The lowest BCUT2D eigenvalue weighted by molar-refractivity contribution is -0.121. The van der Waals surface area contributed by atoms with E-state index in [9.17, 15) is 18.0 Å². The van der Waals surface area contributed by atoms with Crippen molar-refractivity contribution in [1.29, 1.82) is 0 Å². The first-order valence-electron chi connectivity index (χ1n) is 6.49. The van der Waals surface area contributed by atoms with Gasteiger partial charge in [0.25, 0.3) is 5.91 Å². The third-order valence-electron chi connectivity index (χ3n) is 2.86. The number of hydrazine groups is 1. The van der Waals surface area contributed by atoms with Gasteiger partial charge < -0.3 is 4.98 Å². The van der Waals surface area contributed by atoms with Crippen molar-refractivity contribution in [3.05, 3.63) is 54.4 Å². The summed E-state index contributed by atoms with van der Waals surface area (Å²) < 4.78 is 24.0. The second-order valence-electron chi connectivity index (χ2n) is 4.47. The van der Waals surface area contributed by atoms with Gasteiger partial charge in [0, 0.05) is 12.6 Å². The fourth-order valence-electron chi connectivity index (χ4n) is 1.70.